The van der Waals surface area contributed by atoms with E-state index < -0.39 is 24.1 Å². The zero-order valence-electron chi connectivity index (χ0n) is 19.0. The van der Waals surface area contributed by atoms with Crippen molar-refractivity contribution in [2.45, 2.75) is 50.1 Å². The number of carboxylic acids is 1. The lowest BCUT2D eigenvalue weighted by atomic mass is 9.79. The van der Waals surface area contributed by atoms with Crippen molar-refractivity contribution in [2.24, 2.45) is 11.8 Å². The number of rotatable bonds is 8. The molecule has 0 aromatic carbocycles. The molecule has 1 aromatic rings. The van der Waals surface area contributed by atoms with Crippen LogP contribution < -0.4 is 0 Å². The van der Waals surface area contributed by atoms with E-state index in [1.165, 1.54) is 29.1 Å². The normalized spacial score (nSPS) is 29.0. The van der Waals surface area contributed by atoms with Crippen LogP contribution in [0.5, 0.6) is 0 Å². The van der Waals surface area contributed by atoms with Crippen molar-refractivity contribution in [1.82, 2.24) is 19.8 Å². The second-order valence-corrected chi connectivity index (χ2v) is 10.2. The van der Waals surface area contributed by atoms with Crippen LogP contribution in [0.2, 0.25) is 0 Å². The van der Waals surface area contributed by atoms with Crippen LogP contribution in [0.4, 0.5) is 4.79 Å². The van der Waals surface area contributed by atoms with E-state index in [1.54, 1.807) is 24.2 Å². The van der Waals surface area contributed by atoms with E-state index in [0.29, 0.717) is 24.3 Å². The number of hydrogen-bond acceptors (Lipinski definition) is 8. The van der Waals surface area contributed by atoms with Gasteiger partial charge in [-0.05, 0) is 25.3 Å². The van der Waals surface area contributed by atoms with E-state index in [9.17, 15) is 24.6 Å². The molecular weight excluding hydrogens is 460 g/mol. The van der Waals surface area contributed by atoms with Crippen molar-refractivity contribution in [2.75, 3.05) is 13.2 Å². The molecule has 0 radical (unpaired) electrons. The first-order chi connectivity index (χ1) is 16.2. The molecule has 2 amide bonds. The number of thioether (sulfide) groups is 1. The number of fused-ring (bicyclic) bond motifs is 1. The van der Waals surface area contributed by atoms with Crippen LogP contribution in [0.25, 0.3) is 0 Å². The summed E-state index contributed by atoms with van der Waals surface area (Å²) in [5.74, 6) is -2.35. The van der Waals surface area contributed by atoms with Gasteiger partial charge in [-0.3, -0.25) is 4.79 Å². The molecule has 0 aliphatic carbocycles. The molecule has 11 heteroatoms. The summed E-state index contributed by atoms with van der Waals surface area (Å²) < 4.78 is 5.28. The van der Waals surface area contributed by atoms with Gasteiger partial charge in [0, 0.05) is 41.1 Å². The maximum atomic E-state index is 12.7. The number of aliphatic hydroxyl groups excluding tert-OH is 1. The average Bonchev–Trinajstić information content (AvgIpc) is 3.29. The highest BCUT2D eigenvalue weighted by molar-refractivity contribution is 8.03. The molecule has 10 nitrogen and oxygen atoms in total. The molecule has 4 rings (SSSR count). The summed E-state index contributed by atoms with van der Waals surface area (Å²) in [6, 6.07) is -0.538. The molecular formula is C23H28N4O6S. The van der Waals surface area contributed by atoms with Gasteiger partial charge < -0.3 is 24.7 Å². The molecule has 0 unspecified atom stereocenters. The first kappa shape index (κ1) is 24.2. The summed E-state index contributed by atoms with van der Waals surface area (Å²) in [6.07, 6.45) is 6.21. The molecule has 0 saturated carbocycles. The van der Waals surface area contributed by atoms with Gasteiger partial charge in [0.1, 0.15) is 18.6 Å². The third kappa shape index (κ3) is 4.29. The van der Waals surface area contributed by atoms with Gasteiger partial charge in [0.05, 0.1) is 18.1 Å². The Bertz CT molecular complexity index is 1020. The number of carbonyl (C=O) groups excluding carboxylic acids is 2. The fourth-order valence-electron chi connectivity index (χ4n) is 5.16. The third-order valence-electron chi connectivity index (χ3n) is 6.63. The topological polar surface area (TPSA) is 133 Å². The van der Waals surface area contributed by atoms with Crippen molar-refractivity contribution in [3.05, 3.63) is 47.5 Å². The summed E-state index contributed by atoms with van der Waals surface area (Å²) >= 11 is 1.40. The largest absolute Gasteiger partial charge is 0.477 e. The number of amides is 2. The van der Waals surface area contributed by atoms with Gasteiger partial charge in [-0.25, -0.2) is 19.6 Å². The lowest BCUT2D eigenvalue weighted by molar-refractivity contribution is -0.163. The molecule has 3 aliphatic heterocycles. The highest BCUT2D eigenvalue weighted by Gasteiger charge is 2.60. The first-order valence-electron chi connectivity index (χ1n) is 11.2. The van der Waals surface area contributed by atoms with Gasteiger partial charge in [-0.15, -0.1) is 11.8 Å². The number of ether oxygens (including phenoxy) is 1. The Balaban J connectivity index is 1.55. The average molecular weight is 489 g/mol. The van der Waals surface area contributed by atoms with Gasteiger partial charge in [-0.2, -0.15) is 0 Å². The minimum Gasteiger partial charge on any atom is -0.477 e. The predicted octanol–water partition coefficient (Wildman–Crippen LogP) is 1.67. The third-order valence-corrected chi connectivity index (χ3v) is 8.12. The number of aliphatic carboxylic acids is 1. The standard InChI is InChI=1S/C23H28N4O6S/c1-4-5-33-23(32)26-10-16(7-15(26)6-14-8-24-11-25-9-14)34-20-12(2)18-17(13(3)28)21(29)27(18)19(20)22(30)31/h4,8-9,11-13,15-18,28H,1,5-7,10H2,2-3H3,(H,30,31)/t12-,13-,15+,16+,17-,18-/m1/s1. The van der Waals surface area contributed by atoms with Crippen LogP contribution in [-0.4, -0.2) is 84.5 Å². The lowest BCUT2D eigenvalue weighted by Gasteiger charge is -2.46. The number of nitrogens with zero attached hydrogens (tertiary/aromatic N) is 4. The van der Waals surface area contributed by atoms with Gasteiger partial charge in [0.15, 0.2) is 0 Å². The monoisotopic (exact) mass is 488 g/mol. The van der Waals surface area contributed by atoms with Gasteiger partial charge in [-0.1, -0.05) is 19.6 Å². The maximum absolute atomic E-state index is 12.7. The van der Waals surface area contributed by atoms with Crippen LogP contribution in [0.1, 0.15) is 25.8 Å². The van der Waals surface area contributed by atoms with Crippen molar-refractivity contribution in [3.63, 3.8) is 0 Å². The summed E-state index contributed by atoms with van der Waals surface area (Å²) in [5, 5.41) is 19.9. The molecule has 182 valence electrons. The van der Waals surface area contributed by atoms with Gasteiger partial charge in [0.25, 0.3) is 0 Å². The predicted molar refractivity (Wildman–Crippen MR) is 123 cm³/mol. The fourth-order valence-corrected chi connectivity index (χ4v) is 6.72. The molecule has 2 N–H and O–H groups in total. The minimum atomic E-state index is -1.16. The quantitative estimate of drug-likeness (QED) is 0.414. The Labute approximate surface area is 201 Å². The van der Waals surface area contributed by atoms with Crippen LogP contribution in [0, 0.1) is 11.8 Å². The molecule has 3 aliphatic rings. The first-order valence-corrected chi connectivity index (χ1v) is 12.1. The Hall–Kier alpha value is -2.92. The smallest absolute Gasteiger partial charge is 0.410 e. The number of likely N-dealkylation sites (tertiary alicyclic amines) is 1. The summed E-state index contributed by atoms with van der Waals surface area (Å²) in [6.45, 7) is 7.50. The molecule has 4 heterocycles. The number of aromatic nitrogens is 2. The van der Waals surface area contributed by atoms with Crippen LogP contribution >= 0.6 is 11.8 Å². The van der Waals surface area contributed by atoms with E-state index in [-0.39, 0.29) is 41.5 Å². The SMILES string of the molecule is C=CCOC(=O)N1C[C@@H](SC2=C(C(=O)O)N3C(=O)[C@H]([C@@H](C)O)[C@H]3[C@H]2C)C[C@@H]1Cc1cncnc1. The van der Waals surface area contributed by atoms with Crippen LogP contribution in [0.3, 0.4) is 0 Å². The molecule has 2 saturated heterocycles. The van der Waals surface area contributed by atoms with E-state index in [0.717, 1.165) is 5.56 Å². The number of carbonyl (C=O) groups is 3. The number of hydrogen-bond donors (Lipinski definition) is 2. The van der Waals surface area contributed by atoms with Crippen LogP contribution in [-0.2, 0) is 20.7 Å². The molecule has 34 heavy (non-hydrogen) atoms. The summed E-state index contributed by atoms with van der Waals surface area (Å²) in [5.41, 5.74) is 0.874. The van der Waals surface area contributed by atoms with E-state index in [4.69, 9.17) is 4.74 Å². The molecule has 6 atom stereocenters. The number of carboxylic acid groups (broad SMARTS) is 1. The Morgan fingerprint density at radius 3 is 2.71 bits per heavy atom. The molecule has 1 aromatic heterocycles. The second-order valence-electron chi connectivity index (χ2n) is 8.87. The lowest BCUT2D eigenvalue weighted by Crippen LogP contribution is -2.63. The Kier molecular flexibility index (Phi) is 6.94. The summed E-state index contributed by atoms with van der Waals surface area (Å²) in [7, 11) is 0. The zero-order chi connectivity index (χ0) is 24.6. The minimum absolute atomic E-state index is 0.00917. The molecule has 2 fully saturated rings. The highest BCUT2D eigenvalue weighted by Crippen LogP contribution is 2.52. The van der Waals surface area contributed by atoms with Gasteiger partial charge in [0.2, 0.25) is 5.91 Å². The van der Waals surface area contributed by atoms with E-state index in [2.05, 4.69) is 16.5 Å². The maximum Gasteiger partial charge on any atom is 0.410 e. The van der Waals surface area contributed by atoms with Crippen molar-refractivity contribution >= 4 is 29.7 Å². The Morgan fingerprint density at radius 1 is 1.38 bits per heavy atom. The number of aliphatic hydroxyl groups is 1. The fraction of sp³-hybridized carbons (Fsp3) is 0.522. The second kappa shape index (κ2) is 9.75. The Morgan fingerprint density at radius 2 is 2.09 bits per heavy atom. The zero-order valence-corrected chi connectivity index (χ0v) is 19.9. The van der Waals surface area contributed by atoms with Crippen LogP contribution in [0.15, 0.2) is 42.0 Å². The summed E-state index contributed by atoms with van der Waals surface area (Å²) in [4.78, 5) is 49.1. The van der Waals surface area contributed by atoms with E-state index in [1.807, 2.05) is 6.92 Å². The molecule has 0 spiro atoms. The van der Waals surface area contributed by atoms with Gasteiger partial charge >= 0.3 is 12.1 Å². The number of β-lactam (4-membered cyclic amide) rings is 1. The van der Waals surface area contributed by atoms with Crippen molar-refractivity contribution in [3.8, 4) is 0 Å². The van der Waals surface area contributed by atoms with E-state index >= 15 is 0 Å². The van der Waals surface area contributed by atoms with Crippen molar-refractivity contribution < 1.29 is 29.3 Å². The molecule has 0 bridgehead atoms. The highest BCUT2D eigenvalue weighted by atomic mass is 32.2. The van der Waals surface area contributed by atoms with Crippen molar-refractivity contribution in [1.29, 1.82) is 0 Å².